The normalized spacial score (nSPS) is 11.3. The average molecular weight is 224 g/mol. The fraction of sp³-hybridized carbons (Fsp3) is 0.750. The molecule has 0 amide bonds. The first-order chi connectivity index (χ1) is 7.71. The average Bonchev–Trinajstić information content (AvgIpc) is 2.68. The topological polar surface area (TPSA) is 47.1 Å². The van der Waals surface area contributed by atoms with Gasteiger partial charge in [0.05, 0.1) is 11.4 Å². The Kier molecular flexibility index (Phi) is 5.49. The summed E-state index contributed by atoms with van der Waals surface area (Å²) >= 11 is 0. The number of nitrogens with zero attached hydrogens (tertiary/aromatic N) is 3. The van der Waals surface area contributed by atoms with E-state index in [1.165, 1.54) is 11.4 Å². The Balaban J connectivity index is 2.60. The highest BCUT2D eigenvalue weighted by Crippen LogP contribution is 2.08. The van der Waals surface area contributed by atoms with E-state index in [4.69, 9.17) is 5.73 Å². The molecular formula is C12H24N4. The maximum Gasteiger partial charge on any atom is 0.0625 e. The van der Waals surface area contributed by atoms with Gasteiger partial charge in [-0.05, 0) is 46.0 Å². The van der Waals surface area contributed by atoms with Gasteiger partial charge in [0.2, 0.25) is 0 Å². The van der Waals surface area contributed by atoms with Gasteiger partial charge in [-0.2, -0.15) is 5.10 Å². The van der Waals surface area contributed by atoms with Crippen LogP contribution in [0.2, 0.25) is 0 Å². The molecule has 0 unspecified atom stereocenters. The SMILES string of the molecule is CCc1cc(CN(C)CCCN)n(CC)n1. The number of rotatable bonds is 7. The van der Waals surface area contributed by atoms with Crippen molar-refractivity contribution in [3.8, 4) is 0 Å². The van der Waals surface area contributed by atoms with Gasteiger partial charge in [0, 0.05) is 13.1 Å². The molecule has 0 aromatic carbocycles. The van der Waals surface area contributed by atoms with Gasteiger partial charge >= 0.3 is 0 Å². The first kappa shape index (κ1) is 13.2. The quantitative estimate of drug-likeness (QED) is 0.758. The lowest BCUT2D eigenvalue weighted by Crippen LogP contribution is -2.23. The van der Waals surface area contributed by atoms with Gasteiger partial charge in [-0.3, -0.25) is 4.68 Å². The number of aryl methyl sites for hydroxylation is 2. The van der Waals surface area contributed by atoms with E-state index in [1.54, 1.807) is 0 Å². The van der Waals surface area contributed by atoms with E-state index in [1.807, 2.05) is 0 Å². The third-order valence-electron chi connectivity index (χ3n) is 2.75. The molecule has 16 heavy (non-hydrogen) atoms. The summed E-state index contributed by atoms with van der Waals surface area (Å²) in [5, 5.41) is 4.55. The molecule has 0 aliphatic rings. The second-order valence-electron chi connectivity index (χ2n) is 4.18. The third kappa shape index (κ3) is 3.61. The Morgan fingerprint density at radius 2 is 2.19 bits per heavy atom. The van der Waals surface area contributed by atoms with Crippen LogP contribution in [0.3, 0.4) is 0 Å². The van der Waals surface area contributed by atoms with E-state index in [0.29, 0.717) is 0 Å². The smallest absolute Gasteiger partial charge is 0.0625 e. The van der Waals surface area contributed by atoms with Crippen molar-refractivity contribution in [2.45, 2.75) is 39.8 Å². The van der Waals surface area contributed by atoms with Gasteiger partial charge in [-0.15, -0.1) is 0 Å². The van der Waals surface area contributed by atoms with Gasteiger partial charge in [0.15, 0.2) is 0 Å². The fourth-order valence-electron chi connectivity index (χ4n) is 1.81. The zero-order valence-corrected chi connectivity index (χ0v) is 10.7. The summed E-state index contributed by atoms with van der Waals surface area (Å²) in [6, 6.07) is 2.21. The fourth-order valence-corrected chi connectivity index (χ4v) is 1.81. The van der Waals surface area contributed by atoms with Crippen LogP contribution in [0.5, 0.6) is 0 Å². The maximum absolute atomic E-state index is 5.51. The van der Waals surface area contributed by atoms with Crippen molar-refractivity contribution >= 4 is 0 Å². The van der Waals surface area contributed by atoms with Crippen LogP contribution in [0.1, 0.15) is 31.7 Å². The Bertz CT molecular complexity index is 306. The van der Waals surface area contributed by atoms with Crippen molar-refractivity contribution in [2.24, 2.45) is 5.73 Å². The predicted molar refractivity (Wildman–Crippen MR) is 67.3 cm³/mol. The van der Waals surface area contributed by atoms with Crippen molar-refractivity contribution in [2.75, 3.05) is 20.1 Å². The van der Waals surface area contributed by atoms with Crippen LogP contribution < -0.4 is 5.73 Å². The maximum atomic E-state index is 5.51. The molecule has 1 heterocycles. The summed E-state index contributed by atoms with van der Waals surface area (Å²) in [5.41, 5.74) is 8.00. The molecule has 0 saturated heterocycles. The van der Waals surface area contributed by atoms with Crippen LogP contribution in [0.15, 0.2) is 6.07 Å². The lowest BCUT2D eigenvalue weighted by atomic mass is 10.3. The van der Waals surface area contributed by atoms with Crippen LogP contribution in [-0.2, 0) is 19.5 Å². The van der Waals surface area contributed by atoms with Crippen LogP contribution in [0.4, 0.5) is 0 Å². The number of aromatic nitrogens is 2. The zero-order valence-electron chi connectivity index (χ0n) is 10.7. The van der Waals surface area contributed by atoms with Gasteiger partial charge < -0.3 is 10.6 Å². The second kappa shape index (κ2) is 6.66. The van der Waals surface area contributed by atoms with Crippen molar-refractivity contribution in [3.05, 3.63) is 17.5 Å². The standard InChI is InChI=1S/C12H24N4/c1-4-11-9-12(16(5-2)14-11)10-15(3)8-6-7-13/h9H,4-8,10,13H2,1-3H3. The Hall–Kier alpha value is -0.870. The molecule has 4 heteroatoms. The van der Waals surface area contributed by atoms with E-state index in [2.05, 4.69) is 41.6 Å². The molecular weight excluding hydrogens is 200 g/mol. The summed E-state index contributed by atoms with van der Waals surface area (Å²) < 4.78 is 2.10. The third-order valence-corrected chi connectivity index (χ3v) is 2.75. The largest absolute Gasteiger partial charge is 0.330 e. The summed E-state index contributed by atoms with van der Waals surface area (Å²) in [5.74, 6) is 0. The molecule has 0 saturated carbocycles. The molecule has 0 fully saturated rings. The highest BCUT2D eigenvalue weighted by atomic mass is 15.3. The van der Waals surface area contributed by atoms with Crippen molar-refractivity contribution in [3.63, 3.8) is 0 Å². The molecule has 1 aromatic heterocycles. The highest BCUT2D eigenvalue weighted by Gasteiger charge is 2.07. The lowest BCUT2D eigenvalue weighted by Gasteiger charge is -2.16. The minimum absolute atomic E-state index is 0.761. The van der Waals surface area contributed by atoms with Gasteiger partial charge in [0.25, 0.3) is 0 Å². The highest BCUT2D eigenvalue weighted by molar-refractivity contribution is 5.10. The molecule has 0 aliphatic heterocycles. The molecule has 4 nitrogen and oxygen atoms in total. The minimum atomic E-state index is 0.761. The molecule has 0 atom stereocenters. The summed E-state index contributed by atoms with van der Waals surface area (Å²) in [7, 11) is 2.13. The first-order valence-corrected chi connectivity index (χ1v) is 6.15. The van der Waals surface area contributed by atoms with Gasteiger partial charge in [-0.1, -0.05) is 6.92 Å². The van der Waals surface area contributed by atoms with Crippen LogP contribution >= 0.6 is 0 Å². The summed E-state index contributed by atoms with van der Waals surface area (Å²) in [6.45, 7) is 7.99. The number of nitrogens with two attached hydrogens (primary N) is 1. The second-order valence-corrected chi connectivity index (χ2v) is 4.18. The molecule has 1 aromatic rings. The Morgan fingerprint density at radius 3 is 2.75 bits per heavy atom. The monoisotopic (exact) mass is 224 g/mol. The van der Waals surface area contributed by atoms with Crippen molar-refractivity contribution in [1.29, 1.82) is 0 Å². The number of hydrogen-bond donors (Lipinski definition) is 1. The molecule has 0 aliphatic carbocycles. The van der Waals surface area contributed by atoms with E-state index < -0.39 is 0 Å². The Morgan fingerprint density at radius 1 is 1.44 bits per heavy atom. The summed E-state index contributed by atoms with van der Waals surface area (Å²) in [6.07, 6.45) is 2.06. The molecule has 92 valence electrons. The molecule has 0 bridgehead atoms. The molecule has 0 radical (unpaired) electrons. The van der Waals surface area contributed by atoms with E-state index >= 15 is 0 Å². The molecule has 0 spiro atoms. The van der Waals surface area contributed by atoms with Crippen LogP contribution in [-0.4, -0.2) is 34.8 Å². The zero-order chi connectivity index (χ0) is 12.0. The van der Waals surface area contributed by atoms with E-state index in [9.17, 15) is 0 Å². The van der Waals surface area contributed by atoms with Crippen molar-refractivity contribution in [1.82, 2.24) is 14.7 Å². The van der Waals surface area contributed by atoms with E-state index in [0.717, 1.165) is 39.0 Å². The minimum Gasteiger partial charge on any atom is -0.330 e. The first-order valence-electron chi connectivity index (χ1n) is 6.15. The van der Waals surface area contributed by atoms with E-state index in [-0.39, 0.29) is 0 Å². The van der Waals surface area contributed by atoms with Crippen molar-refractivity contribution < 1.29 is 0 Å². The predicted octanol–water partition coefficient (Wildman–Crippen LogP) is 1.25. The number of hydrogen-bond acceptors (Lipinski definition) is 3. The van der Waals surface area contributed by atoms with Crippen LogP contribution in [0, 0.1) is 0 Å². The van der Waals surface area contributed by atoms with Gasteiger partial charge in [-0.25, -0.2) is 0 Å². The molecule has 2 N–H and O–H groups in total. The van der Waals surface area contributed by atoms with Crippen LogP contribution in [0.25, 0.3) is 0 Å². The molecule has 1 rings (SSSR count). The Labute approximate surface area is 98.4 Å². The van der Waals surface area contributed by atoms with Gasteiger partial charge in [0.1, 0.15) is 0 Å². The lowest BCUT2D eigenvalue weighted by molar-refractivity contribution is 0.312. The summed E-state index contributed by atoms with van der Waals surface area (Å²) in [4.78, 5) is 2.30.